The number of amides is 1. The molecule has 0 radical (unpaired) electrons. The van der Waals surface area contributed by atoms with Gasteiger partial charge in [-0.3, -0.25) is 10.0 Å². The molecule has 1 aliphatic rings. The summed E-state index contributed by atoms with van der Waals surface area (Å²) in [4.78, 5) is 13.4. The number of hydrogen-bond acceptors (Lipinski definition) is 4. The molecule has 0 spiro atoms. The van der Waals surface area contributed by atoms with E-state index in [0.29, 0.717) is 0 Å². The largest absolute Gasteiger partial charge is 0.364 e. The quantitative estimate of drug-likeness (QED) is 0.381. The van der Waals surface area contributed by atoms with Crippen LogP contribution < -0.4 is 0 Å². The van der Waals surface area contributed by atoms with Crippen molar-refractivity contribution < 1.29 is 15.1 Å². The minimum Gasteiger partial charge on any atom is -0.364 e. The van der Waals surface area contributed by atoms with Crippen LogP contribution in [-0.2, 0) is 4.79 Å². The monoisotopic (exact) mass is 116 g/mol. The third-order valence-corrected chi connectivity index (χ3v) is 0.764. The molecule has 0 bridgehead atoms. The summed E-state index contributed by atoms with van der Waals surface area (Å²) >= 11 is 0. The Hall–Kier alpha value is -0.940. The van der Waals surface area contributed by atoms with E-state index >= 15 is 0 Å². The molecule has 2 N–H and O–H groups in total. The number of aliphatic hydroxyl groups excluding tert-OH is 1. The van der Waals surface area contributed by atoms with Gasteiger partial charge in [-0.05, 0) is 0 Å². The summed E-state index contributed by atoms with van der Waals surface area (Å²) < 4.78 is 0. The van der Waals surface area contributed by atoms with Crippen molar-refractivity contribution in [2.24, 2.45) is 4.99 Å². The van der Waals surface area contributed by atoms with E-state index in [-0.39, 0.29) is 5.06 Å². The molecule has 0 aliphatic carbocycles. The third kappa shape index (κ3) is 0.573. The molecule has 8 heavy (non-hydrogen) atoms. The second-order valence-electron chi connectivity index (χ2n) is 1.32. The van der Waals surface area contributed by atoms with Gasteiger partial charge < -0.3 is 5.11 Å². The van der Waals surface area contributed by atoms with E-state index in [4.69, 9.17) is 10.3 Å². The minimum atomic E-state index is -1.40. The SMILES string of the molecule is O=C1C(O)N=CN1O. The Morgan fingerprint density at radius 2 is 2.50 bits per heavy atom. The number of carbonyl (C=O) groups excluding carboxylic acids is 1. The standard InChI is InChI=1S/C3H4N2O3/c6-2-3(7)5(8)1-4-2/h1-2,6,8H. The lowest BCUT2D eigenvalue weighted by Crippen LogP contribution is -2.27. The van der Waals surface area contributed by atoms with E-state index in [1.807, 2.05) is 0 Å². The molecular formula is C3H4N2O3. The number of carbonyl (C=O) groups is 1. The van der Waals surface area contributed by atoms with Gasteiger partial charge in [0.1, 0.15) is 6.34 Å². The molecule has 44 valence electrons. The first kappa shape index (κ1) is 5.20. The molecular weight excluding hydrogens is 112 g/mol. The van der Waals surface area contributed by atoms with Crippen molar-refractivity contribution in [3.8, 4) is 0 Å². The first-order valence-electron chi connectivity index (χ1n) is 1.95. The maximum atomic E-state index is 10.2. The predicted octanol–water partition coefficient (Wildman–Crippen LogP) is -1.44. The molecule has 0 saturated heterocycles. The lowest BCUT2D eigenvalue weighted by Gasteiger charge is -1.99. The highest BCUT2D eigenvalue weighted by molar-refractivity contribution is 5.93. The summed E-state index contributed by atoms with van der Waals surface area (Å²) in [6, 6.07) is 0. The van der Waals surface area contributed by atoms with E-state index in [2.05, 4.69) is 4.99 Å². The van der Waals surface area contributed by atoms with Gasteiger partial charge in [0.25, 0.3) is 0 Å². The van der Waals surface area contributed by atoms with Gasteiger partial charge in [0.2, 0.25) is 6.23 Å². The molecule has 1 rings (SSSR count). The van der Waals surface area contributed by atoms with E-state index in [0.717, 1.165) is 6.34 Å². The van der Waals surface area contributed by atoms with Crippen LogP contribution in [0.1, 0.15) is 0 Å². The van der Waals surface area contributed by atoms with Crippen LogP contribution in [0.3, 0.4) is 0 Å². The van der Waals surface area contributed by atoms with Gasteiger partial charge in [-0.25, -0.2) is 4.99 Å². The van der Waals surface area contributed by atoms with Crippen molar-refractivity contribution in [1.82, 2.24) is 5.06 Å². The zero-order valence-electron chi connectivity index (χ0n) is 3.85. The summed E-state index contributed by atoms with van der Waals surface area (Å²) in [5.41, 5.74) is 0. The van der Waals surface area contributed by atoms with Crippen LogP contribution in [-0.4, -0.2) is 33.9 Å². The van der Waals surface area contributed by atoms with Crippen LogP contribution in [0.2, 0.25) is 0 Å². The highest BCUT2D eigenvalue weighted by Crippen LogP contribution is 1.97. The lowest BCUT2D eigenvalue weighted by atomic mass is 10.6. The Kier molecular flexibility index (Phi) is 0.997. The first-order chi connectivity index (χ1) is 3.72. The Labute approximate surface area is 44.8 Å². The molecule has 0 saturated carbocycles. The average molecular weight is 116 g/mol. The molecule has 0 aromatic rings. The van der Waals surface area contributed by atoms with Gasteiger partial charge >= 0.3 is 5.91 Å². The summed E-state index contributed by atoms with van der Waals surface area (Å²) in [7, 11) is 0. The first-order valence-corrected chi connectivity index (χ1v) is 1.95. The Bertz CT molecular complexity index is 129. The third-order valence-electron chi connectivity index (χ3n) is 0.764. The lowest BCUT2D eigenvalue weighted by molar-refractivity contribution is -0.153. The molecule has 0 aromatic carbocycles. The van der Waals surface area contributed by atoms with E-state index in [1.165, 1.54) is 0 Å². The number of rotatable bonds is 0. The van der Waals surface area contributed by atoms with Crippen LogP contribution >= 0.6 is 0 Å². The van der Waals surface area contributed by atoms with Gasteiger partial charge in [0.15, 0.2) is 0 Å². The summed E-state index contributed by atoms with van der Waals surface area (Å²) in [5, 5.41) is 17.0. The second kappa shape index (κ2) is 1.53. The zero-order chi connectivity index (χ0) is 6.15. The number of aliphatic hydroxyl groups is 1. The second-order valence-corrected chi connectivity index (χ2v) is 1.32. The van der Waals surface area contributed by atoms with Crippen molar-refractivity contribution in [2.75, 3.05) is 0 Å². The van der Waals surface area contributed by atoms with E-state index in [1.54, 1.807) is 0 Å². The van der Waals surface area contributed by atoms with Crippen LogP contribution in [0, 0.1) is 0 Å². The van der Waals surface area contributed by atoms with Crippen molar-refractivity contribution in [2.45, 2.75) is 6.23 Å². The molecule has 1 atom stereocenters. The molecule has 0 fully saturated rings. The number of hydroxylamine groups is 2. The Morgan fingerprint density at radius 3 is 2.62 bits per heavy atom. The zero-order valence-corrected chi connectivity index (χ0v) is 3.85. The number of aliphatic imine (C=N–C) groups is 1. The van der Waals surface area contributed by atoms with Crippen LogP contribution in [0.25, 0.3) is 0 Å². The van der Waals surface area contributed by atoms with Gasteiger partial charge in [-0.2, -0.15) is 5.06 Å². The molecule has 5 heteroatoms. The highest BCUT2D eigenvalue weighted by Gasteiger charge is 2.23. The average Bonchev–Trinajstić information content (AvgIpc) is 1.98. The van der Waals surface area contributed by atoms with Gasteiger partial charge in [-0.15, -0.1) is 0 Å². The fourth-order valence-electron chi connectivity index (χ4n) is 0.365. The normalized spacial score (nSPS) is 27.5. The highest BCUT2D eigenvalue weighted by atomic mass is 16.5. The predicted molar refractivity (Wildman–Crippen MR) is 23.1 cm³/mol. The summed E-state index contributed by atoms with van der Waals surface area (Å²) in [6.45, 7) is 0. The summed E-state index contributed by atoms with van der Waals surface area (Å²) in [5.74, 6) is -0.815. The number of hydrogen-bond donors (Lipinski definition) is 2. The van der Waals surface area contributed by atoms with Crippen molar-refractivity contribution in [3.05, 3.63) is 0 Å². The van der Waals surface area contributed by atoms with Crippen LogP contribution in [0.4, 0.5) is 0 Å². The fourth-order valence-corrected chi connectivity index (χ4v) is 0.365. The number of nitrogens with zero attached hydrogens (tertiary/aromatic N) is 2. The minimum absolute atomic E-state index is 0.241. The molecule has 0 aromatic heterocycles. The Morgan fingerprint density at radius 1 is 1.88 bits per heavy atom. The van der Waals surface area contributed by atoms with Crippen LogP contribution in [0.15, 0.2) is 4.99 Å². The molecule has 1 heterocycles. The topological polar surface area (TPSA) is 73.1 Å². The van der Waals surface area contributed by atoms with Crippen LogP contribution in [0.5, 0.6) is 0 Å². The van der Waals surface area contributed by atoms with Gasteiger partial charge in [0.05, 0.1) is 0 Å². The van der Waals surface area contributed by atoms with Crippen molar-refractivity contribution in [3.63, 3.8) is 0 Å². The Balaban J connectivity index is 2.70. The van der Waals surface area contributed by atoms with Gasteiger partial charge in [-0.1, -0.05) is 0 Å². The van der Waals surface area contributed by atoms with Gasteiger partial charge in [0, 0.05) is 0 Å². The molecule has 5 nitrogen and oxygen atoms in total. The molecule has 1 unspecified atom stereocenters. The maximum Gasteiger partial charge on any atom is 0.303 e. The summed E-state index contributed by atoms with van der Waals surface area (Å²) in [6.07, 6.45) is -0.549. The van der Waals surface area contributed by atoms with Crippen molar-refractivity contribution >= 4 is 12.2 Å². The molecule has 1 amide bonds. The maximum absolute atomic E-state index is 10.2. The van der Waals surface area contributed by atoms with E-state index < -0.39 is 12.1 Å². The van der Waals surface area contributed by atoms with Crippen molar-refractivity contribution in [1.29, 1.82) is 0 Å². The smallest absolute Gasteiger partial charge is 0.303 e. The fraction of sp³-hybridized carbons (Fsp3) is 0.333. The molecule has 1 aliphatic heterocycles. The van der Waals surface area contributed by atoms with E-state index in [9.17, 15) is 4.79 Å².